The monoisotopic (exact) mass is 358 g/mol. The molecule has 5 heteroatoms. The van der Waals surface area contributed by atoms with Crippen LogP contribution in [0.2, 0.25) is 0 Å². The average molecular weight is 358 g/mol. The van der Waals surface area contributed by atoms with Crippen molar-refractivity contribution in [2.75, 3.05) is 18.4 Å². The van der Waals surface area contributed by atoms with Gasteiger partial charge in [0.05, 0.1) is 5.69 Å². The lowest BCUT2D eigenvalue weighted by atomic mass is 9.93. The first-order chi connectivity index (χ1) is 13.2. The first-order valence-corrected chi connectivity index (χ1v) is 9.22. The fourth-order valence-electron chi connectivity index (χ4n) is 3.55. The van der Waals surface area contributed by atoms with Crippen LogP contribution in [0.15, 0.2) is 60.8 Å². The van der Waals surface area contributed by atoms with E-state index in [0.29, 0.717) is 5.92 Å². The zero-order valence-electron chi connectivity index (χ0n) is 15.3. The molecule has 1 saturated heterocycles. The number of nitrogens with one attached hydrogen (secondary N) is 2. The molecule has 1 atom stereocenters. The topological polar surface area (TPSA) is 66.9 Å². The third kappa shape index (κ3) is 3.88. The summed E-state index contributed by atoms with van der Waals surface area (Å²) >= 11 is 0. The fourth-order valence-corrected chi connectivity index (χ4v) is 3.55. The lowest BCUT2D eigenvalue weighted by Gasteiger charge is -2.15. The fraction of sp³-hybridized carbons (Fsp3) is 0.227. The Labute approximate surface area is 158 Å². The van der Waals surface area contributed by atoms with Crippen LogP contribution < -0.4 is 10.6 Å². The summed E-state index contributed by atoms with van der Waals surface area (Å²) in [7, 11) is 0. The van der Waals surface area contributed by atoms with Crippen molar-refractivity contribution in [1.29, 1.82) is 0 Å². The number of carbonyl (C=O) groups is 1. The summed E-state index contributed by atoms with van der Waals surface area (Å²) in [5, 5.41) is 6.42. The predicted octanol–water partition coefficient (Wildman–Crippen LogP) is 3.78. The Morgan fingerprint density at radius 2 is 2.04 bits per heavy atom. The van der Waals surface area contributed by atoms with Crippen LogP contribution in [0.1, 0.15) is 34.1 Å². The van der Waals surface area contributed by atoms with Crippen LogP contribution in [0.3, 0.4) is 0 Å². The highest BCUT2D eigenvalue weighted by molar-refractivity contribution is 6.05. The molecule has 0 saturated carbocycles. The number of hydrogen-bond acceptors (Lipinski definition) is 4. The lowest BCUT2D eigenvalue weighted by molar-refractivity contribution is 0.102. The van der Waals surface area contributed by atoms with E-state index in [1.54, 1.807) is 6.20 Å². The molecule has 136 valence electrons. The van der Waals surface area contributed by atoms with Crippen LogP contribution in [-0.2, 0) is 0 Å². The van der Waals surface area contributed by atoms with Crippen molar-refractivity contribution in [3.8, 4) is 11.3 Å². The zero-order chi connectivity index (χ0) is 18.6. The second-order valence-electron chi connectivity index (χ2n) is 6.80. The largest absolute Gasteiger partial charge is 0.322 e. The Kier molecular flexibility index (Phi) is 4.94. The number of anilines is 1. The smallest absolute Gasteiger partial charge is 0.255 e. The van der Waals surface area contributed by atoms with Crippen molar-refractivity contribution in [2.24, 2.45) is 0 Å². The van der Waals surface area contributed by atoms with Crippen molar-refractivity contribution in [1.82, 2.24) is 15.3 Å². The number of aromatic nitrogens is 2. The summed E-state index contributed by atoms with van der Waals surface area (Å²) in [6.45, 7) is 3.79. The number of carbonyl (C=O) groups excluding carboxylic acids is 1. The normalized spacial score (nSPS) is 16.3. The molecule has 27 heavy (non-hydrogen) atoms. The molecule has 1 aliphatic rings. The number of rotatable bonds is 4. The van der Waals surface area contributed by atoms with Gasteiger partial charge in [-0.15, -0.1) is 0 Å². The highest BCUT2D eigenvalue weighted by atomic mass is 16.1. The van der Waals surface area contributed by atoms with Crippen LogP contribution in [0.4, 0.5) is 5.69 Å². The van der Waals surface area contributed by atoms with Crippen LogP contribution in [-0.4, -0.2) is 29.0 Å². The van der Waals surface area contributed by atoms with E-state index in [0.717, 1.165) is 53.4 Å². The van der Waals surface area contributed by atoms with Gasteiger partial charge in [0.2, 0.25) is 0 Å². The summed E-state index contributed by atoms with van der Waals surface area (Å²) < 4.78 is 0. The van der Waals surface area contributed by atoms with Crippen molar-refractivity contribution in [2.45, 2.75) is 19.3 Å². The molecule has 0 unspecified atom stereocenters. The summed E-state index contributed by atoms with van der Waals surface area (Å²) in [6.07, 6.45) is 2.81. The van der Waals surface area contributed by atoms with E-state index >= 15 is 0 Å². The molecule has 2 N–H and O–H groups in total. The first kappa shape index (κ1) is 17.4. The molecule has 1 fully saturated rings. The molecule has 1 aliphatic heterocycles. The average Bonchev–Trinajstić information content (AvgIpc) is 3.23. The van der Waals surface area contributed by atoms with Crippen molar-refractivity contribution in [3.05, 3.63) is 77.7 Å². The van der Waals surface area contributed by atoms with E-state index in [1.807, 2.05) is 55.5 Å². The van der Waals surface area contributed by atoms with E-state index in [1.165, 1.54) is 0 Å². The molecule has 1 aromatic heterocycles. The Morgan fingerprint density at radius 3 is 2.85 bits per heavy atom. The minimum Gasteiger partial charge on any atom is -0.322 e. The highest BCUT2D eigenvalue weighted by Gasteiger charge is 2.22. The number of amides is 1. The third-order valence-corrected chi connectivity index (χ3v) is 4.90. The van der Waals surface area contributed by atoms with Crippen LogP contribution in [0, 0.1) is 6.92 Å². The van der Waals surface area contributed by atoms with Gasteiger partial charge in [0, 0.05) is 29.6 Å². The van der Waals surface area contributed by atoms with Crippen molar-refractivity contribution in [3.63, 3.8) is 0 Å². The van der Waals surface area contributed by atoms with E-state index in [4.69, 9.17) is 0 Å². The molecule has 3 aromatic rings. The number of nitrogens with zero attached hydrogens (tertiary/aromatic N) is 2. The molecule has 0 bridgehead atoms. The summed E-state index contributed by atoms with van der Waals surface area (Å²) in [4.78, 5) is 21.5. The number of benzene rings is 2. The lowest BCUT2D eigenvalue weighted by Crippen LogP contribution is -2.17. The first-order valence-electron chi connectivity index (χ1n) is 9.22. The second kappa shape index (κ2) is 7.68. The molecule has 5 nitrogen and oxygen atoms in total. The van der Waals surface area contributed by atoms with Gasteiger partial charge >= 0.3 is 0 Å². The van der Waals surface area contributed by atoms with Crippen LogP contribution in [0.25, 0.3) is 11.3 Å². The number of hydrogen-bond donors (Lipinski definition) is 2. The Hall–Kier alpha value is -3.05. The van der Waals surface area contributed by atoms with Crippen molar-refractivity contribution >= 4 is 11.6 Å². The summed E-state index contributed by atoms with van der Waals surface area (Å²) in [6, 6.07) is 17.5. The standard InChI is InChI=1S/C22H22N4O/c1-15-24-12-10-21(25-15)16-5-4-6-18(13-16)26-22(27)20-8-3-2-7-19(20)17-9-11-23-14-17/h2-8,10,12-13,17,23H,9,11,14H2,1H3,(H,26,27)/t17-/m0/s1. The summed E-state index contributed by atoms with van der Waals surface area (Å²) in [5.74, 6) is 1.04. The van der Waals surface area contributed by atoms with Gasteiger partial charge in [-0.1, -0.05) is 30.3 Å². The van der Waals surface area contributed by atoms with Gasteiger partial charge in [0.15, 0.2) is 0 Å². The molecular weight excluding hydrogens is 336 g/mol. The molecule has 2 aromatic carbocycles. The maximum atomic E-state index is 12.9. The van der Waals surface area contributed by atoms with Crippen molar-refractivity contribution < 1.29 is 4.79 Å². The van der Waals surface area contributed by atoms with E-state index < -0.39 is 0 Å². The Morgan fingerprint density at radius 1 is 1.15 bits per heavy atom. The van der Waals surface area contributed by atoms with Gasteiger partial charge in [0.25, 0.3) is 5.91 Å². The maximum Gasteiger partial charge on any atom is 0.255 e. The SMILES string of the molecule is Cc1nccc(-c2cccc(NC(=O)c3ccccc3[C@H]3CCNC3)c2)n1. The molecule has 4 rings (SSSR count). The van der Waals surface area contributed by atoms with E-state index in [9.17, 15) is 4.79 Å². The molecule has 2 heterocycles. The van der Waals surface area contributed by atoms with Gasteiger partial charge in [-0.2, -0.15) is 0 Å². The van der Waals surface area contributed by atoms with Gasteiger partial charge < -0.3 is 10.6 Å². The molecule has 1 amide bonds. The molecule has 0 radical (unpaired) electrons. The van der Waals surface area contributed by atoms with Gasteiger partial charge in [-0.3, -0.25) is 4.79 Å². The Balaban J connectivity index is 1.58. The van der Waals surface area contributed by atoms with Crippen LogP contribution >= 0.6 is 0 Å². The second-order valence-corrected chi connectivity index (χ2v) is 6.80. The Bertz CT molecular complexity index is 964. The molecular formula is C22H22N4O. The van der Waals surface area contributed by atoms with E-state index in [-0.39, 0.29) is 5.91 Å². The third-order valence-electron chi connectivity index (χ3n) is 4.90. The molecule has 0 aliphatic carbocycles. The van der Waals surface area contributed by atoms with Gasteiger partial charge in [-0.05, 0) is 55.6 Å². The minimum absolute atomic E-state index is 0.0754. The van der Waals surface area contributed by atoms with E-state index in [2.05, 4.69) is 26.7 Å². The molecule has 0 spiro atoms. The quantitative estimate of drug-likeness (QED) is 0.745. The van der Waals surface area contributed by atoms with Gasteiger partial charge in [-0.25, -0.2) is 9.97 Å². The van der Waals surface area contributed by atoms with Gasteiger partial charge in [0.1, 0.15) is 5.82 Å². The van der Waals surface area contributed by atoms with Crippen LogP contribution in [0.5, 0.6) is 0 Å². The zero-order valence-corrected chi connectivity index (χ0v) is 15.3. The predicted molar refractivity (Wildman–Crippen MR) is 107 cm³/mol. The highest BCUT2D eigenvalue weighted by Crippen LogP contribution is 2.27. The maximum absolute atomic E-state index is 12.9. The number of aryl methyl sites for hydroxylation is 1. The summed E-state index contributed by atoms with van der Waals surface area (Å²) in [5.41, 5.74) is 4.41. The minimum atomic E-state index is -0.0754.